The van der Waals surface area contributed by atoms with Gasteiger partial charge in [0.05, 0.1) is 0 Å². The Morgan fingerprint density at radius 2 is 2.07 bits per heavy atom. The first kappa shape index (κ1) is 12.5. The van der Waals surface area contributed by atoms with Crippen molar-refractivity contribution < 1.29 is 4.79 Å². The minimum atomic E-state index is 0.214. The highest BCUT2D eigenvalue weighted by Gasteiger charge is 2.16. The van der Waals surface area contributed by atoms with Gasteiger partial charge < -0.3 is 11.1 Å². The molecular formula is C12H24N2O. The smallest absolute Gasteiger partial charge is 0.219 e. The topological polar surface area (TPSA) is 55.1 Å². The molecule has 0 aromatic carbocycles. The van der Waals surface area contributed by atoms with Gasteiger partial charge in [-0.25, -0.2) is 0 Å². The number of rotatable bonds is 8. The number of hydrogen-bond donors (Lipinski definition) is 2. The van der Waals surface area contributed by atoms with Crippen LogP contribution in [0.3, 0.4) is 0 Å². The predicted octanol–water partition coefficient (Wildman–Crippen LogP) is 1.81. The molecule has 0 atom stereocenters. The van der Waals surface area contributed by atoms with E-state index in [0.29, 0.717) is 6.42 Å². The SMILES string of the molecule is NCCCCCC(=O)NCCC1CCC1. The molecule has 1 rings (SSSR count). The van der Waals surface area contributed by atoms with Crippen LogP contribution < -0.4 is 11.1 Å². The van der Waals surface area contributed by atoms with E-state index in [2.05, 4.69) is 5.32 Å². The molecule has 15 heavy (non-hydrogen) atoms. The fourth-order valence-corrected chi connectivity index (χ4v) is 1.89. The average molecular weight is 212 g/mol. The molecule has 0 unspecified atom stereocenters. The highest BCUT2D eigenvalue weighted by atomic mass is 16.1. The summed E-state index contributed by atoms with van der Waals surface area (Å²) in [6.07, 6.45) is 9.06. The molecule has 3 nitrogen and oxygen atoms in total. The molecule has 0 heterocycles. The second-order valence-electron chi connectivity index (χ2n) is 4.53. The molecule has 0 radical (unpaired) electrons. The lowest BCUT2D eigenvalue weighted by atomic mass is 9.83. The highest BCUT2D eigenvalue weighted by Crippen LogP contribution is 2.28. The quantitative estimate of drug-likeness (QED) is 0.603. The third-order valence-corrected chi connectivity index (χ3v) is 3.21. The first-order valence-corrected chi connectivity index (χ1v) is 6.29. The van der Waals surface area contributed by atoms with Crippen LogP contribution in [-0.4, -0.2) is 19.0 Å². The first-order valence-electron chi connectivity index (χ1n) is 6.29. The Hall–Kier alpha value is -0.570. The van der Waals surface area contributed by atoms with Crippen LogP contribution in [-0.2, 0) is 4.79 Å². The predicted molar refractivity (Wildman–Crippen MR) is 62.5 cm³/mol. The molecule has 0 aliphatic heterocycles. The third-order valence-electron chi connectivity index (χ3n) is 3.21. The summed E-state index contributed by atoms with van der Waals surface area (Å²) in [5.41, 5.74) is 5.38. The largest absolute Gasteiger partial charge is 0.356 e. The maximum Gasteiger partial charge on any atom is 0.219 e. The number of carbonyl (C=O) groups is 1. The standard InChI is InChI=1S/C12H24N2O/c13-9-3-1-2-7-12(15)14-10-8-11-5-4-6-11/h11H,1-10,13H2,(H,14,15). The van der Waals surface area contributed by atoms with Crippen LogP contribution in [0.4, 0.5) is 0 Å². The van der Waals surface area contributed by atoms with Gasteiger partial charge in [-0.1, -0.05) is 25.7 Å². The van der Waals surface area contributed by atoms with E-state index in [-0.39, 0.29) is 5.91 Å². The lowest BCUT2D eigenvalue weighted by molar-refractivity contribution is -0.121. The lowest BCUT2D eigenvalue weighted by Crippen LogP contribution is -2.27. The van der Waals surface area contributed by atoms with Crippen molar-refractivity contribution in [2.24, 2.45) is 11.7 Å². The van der Waals surface area contributed by atoms with Gasteiger partial charge in [0, 0.05) is 13.0 Å². The zero-order valence-corrected chi connectivity index (χ0v) is 9.63. The first-order chi connectivity index (χ1) is 7.33. The second kappa shape index (κ2) is 7.69. The number of hydrogen-bond acceptors (Lipinski definition) is 2. The van der Waals surface area contributed by atoms with E-state index in [1.54, 1.807) is 0 Å². The average Bonchev–Trinajstić information content (AvgIpc) is 2.17. The maximum atomic E-state index is 11.4. The molecule has 0 saturated heterocycles. The molecule has 1 aliphatic carbocycles. The van der Waals surface area contributed by atoms with Crippen molar-refractivity contribution in [1.82, 2.24) is 5.32 Å². The Kier molecular flexibility index (Phi) is 6.41. The van der Waals surface area contributed by atoms with Crippen molar-refractivity contribution in [1.29, 1.82) is 0 Å². The highest BCUT2D eigenvalue weighted by molar-refractivity contribution is 5.75. The van der Waals surface area contributed by atoms with Crippen LogP contribution in [0.2, 0.25) is 0 Å². The third kappa shape index (κ3) is 5.78. The Morgan fingerprint density at radius 1 is 1.27 bits per heavy atom. The molecule has 3 heteroatoms. The van der Waals surface area contributed by atoms with Crippen molar-refractivity contribution in [3.63, 3.8) is 0 Å². The summed E-state index contributed by atoms with van der Waals surface area (Å²) in [5.74, 6) is 1.11. The van der Waals surface area contributed by atoms with E-state index in [4.69, 9.17) is 5.73 Å². The zero-order chi connectivity index (χ0) is 10.9. The van der Waals surface area contributed by atoms with E-state index in [1.807, 2.05) is 0 Å². The van der Waals surface area contributed by atoms with E-state index >= 15 is 0 Å². The Balaban J connectivity index is 1.84. The number of nitrogens with two attached hydrogens (primary N) is 1. The maximum absolute atomic E-state index is 11.4. The molecular weight excluding hydrogens is 188 g/mol. The van der Waals surface area contributed by atoms with Gasteiger partial charge in [-0.2, -0.15) is 0 Å². The minimum Gasteiger partial charge on any atom is -0.356 e. The summed E-state index contributed by atoms with van der Waals surface area (Å²) in [6, 6.07) is 0. The van der Waals surface area contributed by atoms with Gasteiger partial charge in [-0.05, 0) is 31.7 Å². The van der Waals surface area contributed by atoms with Gasteiger partial charge in [0.25, 0.3) is 0 Å². The van der Waals surface area contributed by atoms with E-state index in [0.717, 1.165) is 38.3 Å². The Bertz CT molecular complexity index is 178. The Morgan fingerprint density at radius 3 is 2.67 bits per heavy atom. The molecule has 1 fully saturated rings. The van der Waals surface area contributed by atoms with Gasteiger partial charge in [-0.15, -0.1) is 0 Å². The molecule has 0 aromatic rings. The molecule has 1 saturated carbocycles. The lowest BCUT2D eigenvalue weighted by Gasteiger charge is -2.25. The van der Waals surface area contributed by atoms with Crippen LogP contribution in [0.1, 0.15) is 51.4 Å². The van der Waals surface area contributed by atoms with Gasteiger partial charge in [0.15, 0.2) is 0 Å². The van der Waals surface area contributed by atoms with Crippen LogP contribution in [0.15, 0.2) is 0 Å². The number of nitrogens with one attached hydrogen (secondary N) is 1. The van der Waals surface area contributed by atoms with Gasteiger partial charge in [0.2, 0.25) is 5.91 Å². The van der Waals surface area contributed by atoms with Crippen molar-refractivity contribution >= 4 is 5.91 Å². The minimum absolute atomic E-state index is 0.214. The summed E-state index contributed by atoms with van der Waals surface area (Å²) < 4.78 is 0. The fourth-order valence-electron chi connectivity index (χ4n) is 1.89. The molecule has 0 bridgehead atoms. The van der Waals surface area contributed by atoms with E-state index in [1.165, 1.54) is 25.7 Å². The summed E-state index contributed by atoms with van der Waals surface area (Å²) in [6.45, 7) is 1.61. The van der Waals surface area contributed by atoms with Crippen molar-refractivity contribution in [3.8, 4) is 0 Å². The summed E-state index contributed by atoms with van der Waals surface area (Å²) in [5, 5.41) is 2.99. The van der Waals surface area contributed by atoms with E-state index in [9.17, 15) is 4.79 Å². The number of carbonyl (C=O) groups excluding carboxylic acids is 1. The van der Waals surface area contributed by atoms with Gasteiger partial charge >= 0.3 is 0 Å². The van der Waals surface area contributed by atoms with Crippen LogP contribution >= 0.6 is 0 Å². The normalized spacial score (nSPS) is 16.1. The number of amides is 1. The van der Waals surface area contributed by atoms with Gasteiger partial charge in [-0.3, -0.25) is 4.79 Å². The summed E-state index contributed by atoms with van der Waals surface area (Å²) in [4.78, 5) is 11.4. The summed E-state index contributed by atoms with van der Waals surface area (Å²) in [7, 11) is 0. The fraction of sp³-hybridized carbons (Fsp3) is 0.917. The summed E-state index contributed by atoms with van der Waals surface area (Å²) >= 11 is 0. The second-order valence-corrected chi connectivity index (χ2v) is 4.53. The Labute approximate surface area is 92.8 Å². The molecule has 1 amide bonds. The van der Waals surface area contributed by atoms with Crippen LogP contribution in [0, 0.1) is 5.92 Å². The number of unbranched alkanes of at least 4 members (excludes halogenated alkanes) is 2. The zero-order valence-electron chi connectivity index (χ0n) is 9.63. The van der Waals surface area contributed by atoms with Gasteiger partial charge in [0.1, 0.15) is 0 Å². The molecule has 88 valence electrons. The van der Waals surface area contributed by atoms with Crippen molar-refractivity contribution in [2.45, 2.75) is 51.4 Å². The van der Waals surface area contributed by atoms with Crippen molar-refractivity contribution in [2.75, 3.05) is 13.1 Å². The molecule has 3 N–H and O–H groups in total. The monoisotopic (exact) mass is 212 g/mol. The van der Waals surface area contributed by atoms with Crippen LogP contribution in [0.5, 0.6) is 0 Å². The molecule has 0 aromatic heterocycles. The van der Waals surface area contributed by atoms with Crippen LogP contribution in [0.25, 0.3) is 0 Å². The molecule has 1 aliphatic rings. The van der Waals surface area contributed by atoms with E-state index < -0.39 is 0 Å². The van der Waals surface area contributed by atoms with Crippen molar-refractivity contribution in [3.05, 3.63) is 0 Å². The molecule has 0 spiro atoms.